The number of nitriles is 1. The molecule has 3 heterocycles. The van der Waals surface area contributed by atoms with E-state index in [0.717, 1.165) is 56.9 Å². The first kappa shape index (κ1) is 25.2. The summed E-state index contributed by atoms with van der Waals surface area (Å²) in [7, 11) is 1.59. The number of pyridine rings is 1. The molecule has 0 saturated carbocycles. The Hall–Kier alpha value is -2.86. The Morgan fingerprint density at radius 2 is 1.86 bits per heavy atom. The van der Waals surface area contributed by atoms with Gasteiger partial charge in [-0.2, -0.15) is 10.3 Å². The second-order valence-corrected chi connectivity index (χ2v) is 9.75. The maximum Gasteiger partial charge on any atom is 0.252 e. The van der Waals surface area contributed by atoms with Crippen molar-refractivity contribution in [2.24, 2.45) is 4.99 Å². The highest BCUT2D eigenvalue weighted by atomic mass is 35.5. The normalized spacial score (nSPS) is 20.0. The topological polar surface area (TPSA) is 87.9 Å². The number of likely N-dealkylation sites (tertiary alicyclic amines) is 1. The van der Waals surface area contributed by atoms with Crippen molar-refractivity contribution in [3.05, 3.63) is 57.7 Å². The molecule has 0 radical (unpaired) electrons. The molecular formula is C25H29Cl2N7O. The molecule has 2 aliphatic heterocycles. The number of rotatable bonds is 4. The predicted octanol–water partition coefficient (Wildman–Crippen LogP) is 3.65. The zero-order valence-corrected chi connectivity index (χ0v) is 21.4. The Morgan fingerprint density at radius 1 is 1.14 bits per heavy atom. The molecule has 10 heteroatoms. The van der Waals surface area contributed by atoms with Crippen molar-refractivity contribution in [2.45, 2.75) is 31.8 Å². The highest BCUT2D eigenvalue weighted by Gasteiger charge is 2.33. The summed E-state index contributed by atoms with van der Waals surface area (Å²) in [5.74, 6) is 1.23. The molecule has 0 unspecified atom stereocenters. The number of hydrogen-bond acceptors (Lipinski definition) is 6. The Kier molecular flexibility index (Phi) is 8.11. The van der Waals surface area contributed by atoms with Crippen LogP contribution in [-0.4, -0.2) is 78.4 Å². The summed E-state index contributed by atoms with van der Waals surface area (Å²) in [5.41, 5.74) is 1.36. The summed E-state index contributed by atoms with van der Waals surface area (Å²) in [5, 5.41) is 13.0. The van der Waals surface area contributed by atoms with Gasteiger partial charge in [-0.1, -0.05) is 23.2 Å². The minimum atomic E-state index is -0.200. The molecule has 2 saturated heterocycles. The van der Waals surface area contributed by atoms with Crippen molar-refractivity contribution in [1.82, 2.24) is 20.1 Å². The molecule has 0 spiro atoms. The van der Waals surface area contributed by atoms with Crippen LogP contribution in [0.15, 0.2) is 41.5 Å². The van der Waals surface area contributed by atoms with Crippen LogP contribution in [0.4, 0.5) is 5.82 Å². The summed E-state index contributed by atoms with van der Waals surface area (Å²) < 4.78 is 0. The lowest BCUT2D eigenvalue weighted by Gasteiger charge is -2.47. The lowest BCUT2D eigenvalue weighted by Crippen LogP contribution is -2.58. The average molecular weight is 514 g/mol. The van der Waals surface area contributed by atoms with Gasteiger partial charge in [-0.15, -0.1) is 0 Å². The average Bonchev–Trinajstić information content (AvgIpc) is 2.87. The third-order valence-corrected chi connectivity index (χ3v) is 7.31. The number of nitrogens with zero attached hydrogens (tertiary/aromatic N) is 6. The molecule has 35 heavy (non-hydrogen) atoms. The second kappa shape index (κ2) is 11.3. The van der Waals surface area contributed by atoms with E-state index in [1.165, 1.54) is 0 Å². The van der Waals surface area contributed by atoms with E-state index in [9.17, 15) is 10.1 Å². The quantitative estimate of drug-likeness (QED) is 0.381. The van der Waals surface area contributed by atoms with Gasteiger partial charge in [0.25, 0.3) is 5.91 Å². The molecule has 1 atom stereocenters. The van der Waals surface area contributed by atoms with E-state index in [1.807, 2.05) is 30.5 Å². The first-order valence-electron chi connectivity index (χ1n) is 11.8. The lowest BCUT2D eigenvalue weighted by atomic mass is 9.99. The van der Waals surface area contributed by atoms with Crippen molar-refractivity contribution in [3.8, 4) is 6.19 Å². The largest absolute Gasteiger partial charge is 0.355 e. The van der Waals surface area contributed by atoms with Crippen LogP contribution in [0, 0.1) is 11.5 Å². The van der Waals surface area contributed by atoms with Crippen molar-refractivity contribution in [3.63, 3.8) is 0 Å². The fraction of sp³-hybridized carbons (Fsp3) is 0.440. The van der Waals surface area contributed by atoms with E-state index >= 15 is 0 Å². The van der Waals surface area contributed by atoms with E-state index in [0.29, 0.717) is 33.5 Å². The maximum absolute atomic E-state index is 11.9. The van der Waals surface area contributed by atoms with Gasteiger partial charge in [0.05, 0.1) is 10.6 Å². The number of amidine groups is 1. The standard InChI is InChI=1S/C25H29Cl2N7O/c1-17-15-33(24-22(27)13-19(14-30-24)25(35)29-2)11-12-34(17)21-7-9-32(10-8-21)23(31-16-28)18-3-5-20(26)6-4-18/h3-6,13-14,17,21H,7-12,15H2,1-2H3,(H,29,35)/t17-/m0/s1. The van der Waals surface area contributed by atoms with Crippen LogP contribution in [0.1, 0.15) is 35.7 Å². The second-order valence-electron chi connectivity index (χ2n) is 8.90. The zero-order chi connectivity index (χ0) is 24.9. The van der Waals surface area contributed by atoms with Crippen molar-refractivity contribution < 1.29 is 4.79 Å². The molecule has 1 aromatic carbocycles. The number of carbonyl (C=O) groups is 1. The smallest absolute Gasteiger partial charge is 0.252 e. The Labute approximate surface area is 216 Å². The fourth-order valence-electron chi connectivity index (χ4n) is 5.01. The minimum absolute atomic E-state index is 0.200. The van der Waals surface area contributed by atoms with Gasteiger partial charge >= 0.3 is 0 Å². The summed E-state index contributed by atoms with van der Waals surface area (Å²) in [6.45, 7) is 6.48. The van der Waals surface area contributed by atoms with Gasteiger partial charge in [0.15, 0.2) is 0 Å². The first-order valence-corrected chi connectivity index (χ1v) is 12.5. The first-order chi connectivity index (χ1) is 16.9. The van der Waals surface area contributed by atoms with E-state index in [1.54, 1.807) is 19.3 Å². The monoisotopic (exact) mass is 513 g/mol. The predicted molar refractivity (Wildman–Crippen MR) is 139 cm³/mol. The molecule has 8 nitrogen and oxygen atoms in total. The summed E-state index contributed by atoms with van der Waals surface area (Å²) in [4.78, 5) is 27.4. The molecule has 184 valence electrons. The number of aromatic nitrogens is 1. The van der Waals surface area contributed by atoms with Crippen LogP contribution < -0.4 is 10.2 Å². The number of aliphatic imine (C=N–C) groups is 1. The molecule has 0 aliphatic carbocycles. The Morgan fingerprint density at radius 3 is 2.46 bits per heavy atom. The number of hydrogen-bond donors (Lipinski definition) is 1. The van der Waals surface area contributed by atoms with Crippen LogP contribution >= 0.6 is 23.2 Å². The van der Waals surface area contributed by atoms with Gasteiger partial charge < -0.3 is 15.1 Å². The zero-order valence-electron chi connectivity index (χ0n) is 19.9. The molecule has 2 aliphatic rings. The van der Waals surface area contributed by atoms with Gasteiger partial charge in [-0.3, -0.25) is 9.69 Å². The molecule has 2 aromatic rings. The third kappa shape index (κ3) is 5.69. The van der Waals surface area contributed by atoms with Crippen molar-refractivity contribution in [1.29, 1.82) is 5.26 Å². The van der Waals surface area contributed by atoms with E-state index in [4.69, 9.17) is 23.2 Å². The van der Waals surface area contributed by atoms with Gasteiger partial charge in [0, 0.05) is 68.6 Å². The summed E-state index contributed by atoms with van der Waals surface area (Å²) >= 11 is 12.5. The number of anilines is 1. The van der Waals surface area contributed by atoms with Crippen LogP contribution in [0.2, 0.25) is 10.0 Å². The van der Waals surface area contributed by atoms with Gasteiger partial charge in [0.2, 0.25) is 6.19 Å². The van der Waals surface area contributed by atoms with Gasteiger partial charge in [-0.25, -0.2) is 4.98 Å². The number of piperidine rings is 1. The number of carbonyl (C=O) groups excluding carboxylic acids is 1. The Bertz CT molecular complexity index is 1120. The van der Waals surface area contributed by atoms with Gasteiger partial charge in [0.1, 0.15) is 11.7 Å². The van der Waals surface area contributed by atoms with Crippen LogP contribution in [0.3, 0.4) is 0 Å². The number of halogens is 2. The van der Waals surface area contributed by atoms with Crippen LogP contribution in [0.5, 0.6) is 0 Å². The molecule has 1 aromatic heterocycles. The molecule has 4 rings (SSSR count). The fourth-order valence-corrected chi connectivity index (χ4v) is 5.42. The summed E-state index contributed by atoms with van der Waals surface area (Å²) in [6, 6.07) is 9.95. The van der Waals surface area contributed by atoms with Crippen LogP contribution in [0.25, 0.3) is 0 Å². The van der Waals surface area contributed by atoms with E-state index in [-0.39, 0.29) is 5.91 Å². The maximum atomic E-state index is 11.9. The van der Waals surface area contributed by atoms with E-state index in [2.05, 4.69) is 36.9 Å². The molecule has 1 N–H and O–H groups in total. The third-order valence-electron chi connectivity index (χ3n) is 6.78. The van der Waals surface area contributed by atoms with Crippen LogP contribution in [-0.2, 0) is 0 Å². The minimum Gasteiger partial charge on any atom is -0.355 e. The Balaban J connectivity index is 1.37. The number of amides is 1. The SMILES string of the molecule is CNC(=O)c1cnc(N2CCN(C3CCN(C(=NC#N)c4ccc(Cl)cc4)CC3)[C@@H](C)C2)c(Cl)c1. The summed E-state index contributed by atoms with van der Waals surface area (Å²) in [6.07, 6.45) is 5.54. The number of benzene rings is 1. The number of piperazine rings is 1. The van der Waals surface area contributed by atoms with E-state index < -0.39 is 0 Å². The highest BCUT2D eigenvalue weighted by Crippen LogP contribution is 2.29. The van der Waals surface area contributed by atoms with Crippen molar-refractivity contribution in [2.75, 3.05) is 44.7 Å². The molecule has 2 fully saturated rings. The lowest BCUT2D eigenvalue weighted by molar-refractivity contribution is 0.0886. The molecular weight excluding hydrogens is 485 g/mol. The number of nitrogens with one attached hydrogen (secondary N) is 1. The van der Waals surface area contributed by atoms with Gasteiger partial charge in [-0.05, 0) is 50.1 Å². The molecule has 0 bridgehead atoms. The molecule has 1 amide bonds. The van der Waals surface area contributed by atoms with Crippen molar-refractivity contribution >= 4 is 40.8 Å². The highest BCUT2D eigenvalue weighted by molar-refractivity contribution is 6.33.